The molecule has 3 heteroatoms. The standard InChI is InChI=1S/C8H11NO2/c1-4-6-9(7-5-2)8(10)11-3/h3-5H,1-2,6-7H2. The Morgan fingerprint density at radius 3 is 2.18 bits per heavy atom. The summed E-state index contributed by atoms with van der Waals surface area (Å²) in [4.78, 5) is 12.1. The average Bonchev–Trinajstić information content (AvgIpc) is 2.03. The first kappa shape index (κ1) is 9.75. The summed E-state index contributed by atoms with van der Waals surface area (Å²) in [6, 6.07) is 0. The molecule has 0 heterocycles. The minimum Gasteiger partial charge on any atom is -0.438 e. The molecule has 0 aliphatic heterocycles. The van der Waals surface area contributed by atoms with Crippen LogP contribution in [0.5, 0.6) is 0 Å². The highest BCUT2D eigenvalue weighted by molar-refractivity contribution is 5.68. The summed E-state index contributed by atoms with van der Waals surface area (Å²) in [6.07, 6.45) is 2.59. The van der Waals surface area contributed by atoms with E-state index in [9.17, 15) is 4.79 Å². The van der Waals surface area contributed by atoms with Crippen LogP contribution in [-0.2, 0) is 4.74 Å². The molecule has 0 fully saturated rings. The van der Waals surface area contributed by atoms with Gasteiger partial charge in [-0.15, -0.1) is 13.2 Å². The molecule has 2 radical (unpaired) electrons. The Balaban J connectivity index is 3.95. The number of ether oxygens (including phenoxy) is 1. The highest BCUT2D eigenvalue weighted by Gasteiger charge is 2.08. The predicted molar refractivity (Wildman–Crippen MR) is 42.7 cm³/mol. The van der Waals surface area contributed by atoms with Crippen molar-refractivity contribution >= 4 is 6.09 Å². The van der Waals surface area contributed by atoms with Crippen molar-refractivity contribution in [2.24, 2.45) is 0 Å². The first-order valence-electron chi connectivity index (χ1n) is 3.13. The van der Waals surface area contributed by atoms with Crippen molar-refractivity contribution in [2.45, 2.75) is 0 Å². The van der Waals surface area contributed by atoms with Crippen molar-refractivity contribution in [1.82, 2.24) is 4.90 Å². The molecular formula is C8H11NO2. The summed E-state index contributed by atoms with van der Waals surface area (Å²) in [5.74, 6) is 0. The SMILES string of the molecule is [CH]OC(=O)N(CC=C)CC=C. The zero-order valence-electron chi connectivity index (χ0n) is 6.32. The molecule has 1 amide bonds. The fourth-order valence-corrected chi connectivity index (χ4v) is 0.610. The van der Waals surface area contributed by atoms with Gasteiger partial charge < -0.3 is 9.64 Å². The van der Waals surface area contributed by atoms with E-state index in [1.54, 1.807) is 12.2 Å². The van der Waals surface area contributed by atoms with Gasteiger partial charge in [0.15, 0.2) is 7.11 Å². The molecule has 0 N–H and O–H groups in total. The van der Waals surface area contributed by atoms with Gasteiger partial charge in [-0.1, -0.05) is 12.2 Å². The Labute approximate surface area is 66.9 Å². The van der Waals surface area contributed by atoms with Crippen LogP contribution in [0.15, 0.2) is 25.3 Å². The summed E-state index contributed by atoms with van der Waals surface area (Å²) in [7, 11) is 4.67. The van der Waals surface area contributed by atoms with Crippen molar-refractivity contribution in [3.8, 4) is 0 Å². The Morgan fingerprint density at radius 2 is 1.91 bits per heavy atom. The van der Waals surface area contributed by atoms with Crippen LogP contribution in [0, 0.1) is 7.11 Å². The van der Waals surface area contributed by atoms with Crippen LogP contribution in [0.4, 0.5) is 4.79 Å². The summed E-state index contributed by atoms with van der Waals surface area (Å²) in [5, 5.41) is 0. The van der Waals surface area contributed by atoms with Crippen molar-refractivity contribution in [2.75, 3.05) is 13.1 Å². The van der Waals surface area contributed by atoms with E-state index < -0.39 is 6.09 Å². The van der Waals surface area contributed by atoms with E-state index >= 15 is 0 Å². The number of nitrogens with zero attached hydrogens (tertiary/aromatic N) is 1. The molecular weight excluding hydrogens is 142 g/mol. The van der Waals surface area contributed by atoms with Crippen molar-refractivity contribution in [3.05, 3.63) is 32.4 Å². The maximum absolute atomic E-state index is 10.8. The van der Waals surface area contributed by atoms with Crippen molar-refractivity contribution in [1.29, 1.82) is 0 Å². The van der Waals surface area contributed by atoms with Crippen LogP contribution in [0.3, 0.4) is 0 Å². The van der Waals surface area contributed by atoms with Gasteiger partial charge in [-0.25, -0.2) is 4.79 Å². The van der Waals surface area contributed by atoms with Gasteiger partial charge in [0.05, 0.1) is 0 Å². The second-order valence-electron chi connectivity index (χ2n) is 1.87. The van der Waals surface area contributed by atoms with Crippen LogP contribution in [0.2, 0.25) is 0 Å². The molecule has 0 saturated heterocycles. The Kier molecular flexibility index (Phi) is 4.90. The van der Waals surface area contributed by atoms with E-state index in [2.05, 4.69) is 25.0 Å². The number of carbonyl (C=O) groups is 1. The van der Waals surface area contributed by atoms with Crippen LogP contribution in [-0.4, -0.2) is 24.1 Å². The maximum Gasteiger partial charge on any atom is 0.410 e. The molecule has 0 aromatic heterocycles. The van der Waals surface area contributed by atoms with Gasteiger partial charge in [-0.3, -0.25) is 0 Å². The molecule has 0 aliphatic rings. The third kappa shape index (κ3) is 3.45. The summed E-state index contributed by atoms with van der Waals surface area (Å²) < 4.78 is 4.01. The summed E-state index contributed by atoms with van der Waals surface area (Å²) >= 11 is 0. The van der Waals surface area contributed by atoms with Crippen LogP contribution >= 0.6 is 0 Å². The summed E-state index contributed by atoms with van der Waals surface area (Å²) in [6.45, 7) is 7.76. The fraction of sp³-hybridized carbons (Fsp3) is 0.250. The second kappa shape index (κ2) is 5.53. The predicted octanol–water partition coefficient (Wildman–Crippen LogP) is 1.47. The number of hydrogen-bond acceptors (Lipinski definition) is 2. The molecule has 11 heavy (non-hydrogen) atoms. The second-order valence-corrected chi connectivity index (χ2v) is 1.87. The third-order valence-electron chi connectivity index (χ3n) is 1.06. The number of hydrogen-bond donors (Lipinski definition) is 0. The highest BCUT2D eigenvalue weighted by Crippen LogP contribution is 1.93. The zero-order valence-corrected chi connectivity index (χ0v) is 6.32. The minimum absolute atomic E-state index is 0.405. The van der Waals surface area contributed by atoms with E-state index in [0.717, 1.165) is 0 Å². The Morgan fingerprint density at radius 1 is 1.45 bits per heavy atom. The minimum atomic E-state index is -0.579. The molecule has 0 saturated carbocycles. The number of rotatable bonds is 4. The van der Waals surface area contributed by atoms with E-state index in [0.29, 0.717) is 13.1 Å². The Hall–Kier alpha value is -1.25. The number of amides is 1. The molecule has 0 aromatic rings. The Bertz CT molecular complexity index is 144. The third-order valence-corrected chi connectivity index (χ3v) is 1.06. The maximum atomic E-state index is 10.8. The smallest absolute Gasteiger partial charge is 0.410 e. The quantitative estimate of drug-likeness (QED) is 0.572. The average molecular weight is 153 g/mol. The van der Waals surface area contributed by atoms with Gasteiger partial charge in [-0.2, -0.15) is 0 Å². The lowest BCUT2D eigenvalue weighted by atomic mass is 10.5. The summed E-state index contributed by atoms with van der Waals surface area (Å²) in [5.41, 5.74) is 0. The van der Waals surface area contributed by atoms with Gasteiger partial charge in [0.2, 0.25) is 0 Å². The van der Waals surface area contributed by atoms with Crippen molar-refractivity contribution in [3.63, 3.8) is 0 Å². The van der Waals surface area contributed by atoms with E-state index in [4.69, 9.17) is 0 Å². The van der Waals surface area contributed by atoms with Crippen molar-refractivity contribution < 1.29 is 9.53 Å². The lowest BCUT2D eigenvalue weighted by molar-refractivity contribution is 0.144. The molecule has 0 aromatic carbocycles. The topological polar surface area (TPSA) is 29.5 Å². The van der Waals surface area contributed by atoms with Crippen LogP contribution < -0.4 is 0 Å². The van der Waals surface area contributed by atoms with Crippen LogP contribution in [0.1, 0.15) is 0 Å². The molecule has 0 spiro atoms. The largest absolute Gasteiger partial charge is 0.438 e. The molecule has 3 nitrogen and oxygen atoms in total. The first-order chi connectivity index (χ1) is 5.26. The van der Waals surface area contributed by atoms with E-state index in [-0.39, 0.29) is 0 Å². The van der Waals surface area contributed by atoms with Gasteiger partial charge in [0, 0.05) is 13.1 Å². The van der Waals surface area contributed by atoms with Crippen LogP contribution in [0.25, 0.3) is 0 Å². The lowest BCUT2D eigenvalue weighted by Crippen LogP contribution is -2.30. The van der Waals surface area contributed by atoms with Gasteiger partial charge in [0.25, 0.3) is 0 Å². The lowest BCUT2D eigenvalue weighted by Gasteiger charge is -2.16. The highest BCUT2D eigenvalue weighted by atomic mass is 16.5. The number of carbonyl (C=O) groups excluding carboxylic acids is 1. The monoisotopic (exact) mass is 153 g/mol. The zero-order chi connectivity index (χ0) is 8.69. The van der Waals surface area contributed by atoms with E-state index in [1.165, 1.54) is 4.90 Å². The van der Waals surface area contributed by atoms with Gasteiger partial charge in [0.1, 0.15) is 0 Å². The van der Waals surface area contributed by atoms with E-state index in [1.807, 2.05) is 0 Å². The van der Waals surface area contributed by atoms with Gasteiger partial charge >= 0.3 is 6.09 Å². The molecule has 0 bridgehead atoms. The molecule has 0 aliphatic carbocycles. The molecule has 60 valence electrons. The fourth-order valence-electron chi connectivity index (χ4n) is 0.610. The molecule has 0 unspecified atom stereocenters. The molecule has 0 rings (SSSR count). The molecule has 0 atom stereocenters. The first-order valence-corrected chi connectivity index (χ1v) is 3.13. The van der Waals surface area contributed by atoms with Gasteiger partial charge in [-0.05, 0) is 0 Å². The normalized spacial score (nSPS) is 8.45.